The van der Waals surface area contributed by atoms with Crippen LogP contribution in [0.15, 0.2) is 6.07 Å². The number of rotatable bonds is 6. The molecule has 90 valence electrons. The van der Waals surface area contributed by atoms with E-state index in [0.717, 1.165) is 32.0 Å². The lowest BCUT2D eigenvalue weighted by Crippen LogP contribution is -2.28. The molecule has 0 atom stereocenters. The van der Waals surface area contributed by atoms with E-state index in [2.05, 4.69) is 34.0 Å². The van der Waals surface area contributed by atoms with Crippen LogP contribution in [0.3, 0.4) is 0 Å². The highest BCUT2D eigenvalue weighted by Gasteiger charge is 2.00. The van der Waals surface area contributed by atoms with Crippen LogP contribution in [0.25, 0.3) is 0 Å². The molecular formula is C11H21N5. The second-order valence-corrected chi connectivity index (χ2v) is 3.68. The van der Waals surface area contributed by atoms with Crippen molar-refractivity contribution >= 4 is 11.6 Å². The Kier molecular flexibility index (Phi) is 4.98. The van der Waals surface area contributed by atoms with Crippen molar-refractivity contribution in [3.63, 3.8) is 0 Å². The summed E-state index contributed by atoms with van der Waals surface area (Å²) in [6.45, 7) is 10.2. The minimum absolute atomic E-state index is 0.512. The van der Waals surface area contributed by atoms with E-state index in [4.69, 9.17) is 5.73 Å². The third kappa shape index (κ3) is 4.02. The standard InChI is InChI=1S/C11H21N5/c1-4-16(5-2)7-6-13-11-8-10(12)14-9(3)15-11/h8H,4-7H2,1-3H3,(H3,12,13,14,15). The molecule has 0 fully saturated rings. The molecule has 5 nitrogen and oxygen atoms in total. The van der Waals surface area contributed by atoms with Crippen molar-refractivity contribution in [2.24, 2.45) is 0 Å². The number of hydrogen-bond acceptors (Lipinski definition) is 5. The third-order valence-electron chi connectivity index (χ3n) is 2.49. The number of aryl methyl sites for hydroxylation is 1. The SMILES string of the molecule is CCN(CC)CCNc1cc(N)nc(C)n1. The van der Waals surface area contributed by atoms with E-state index in [1.165, 1.54) is 0 Å². The molecule has 5 heteroatoms. The van der Waals surface area contributed by atoms with Gasteiger partial charge in [0.25, 0.3) is 0 Å². The van der Waals surface area contributed by atoms with Gasteiger partial charge in [-0.3, -0.25) is 0 Å². The molecule has 0 unspecified atom stereocenters. The van der Waals surface area contributed by atoms with Crippen molar-refractivity contribution in [2.45, 2.75) is 20.8 Å². The van der Waals surface area contributed by atoms with Gasteiger partial charge in [0.2, 0.25) is 0 Å². The third-order valence-corrected chi connectivity index (χ3v) is 2.49. The molecule has 0 aliphatic rings. The number of nitrogens with one attached hydrogen (secondary N) is 1. The van der Waals surface area contributed by atoms with Gasteiger partial charge in [-0.2, -0.15) is 0 Å². The summed E-state index contributed by atoms with van der Waals surface area (Å²) in [5.74, 6) is 2.01. The lowest BCUT2D eigenvalue weighted by atomic mass is 10.4. The first-order chi connectivity index (χ1) is 7.65. The van der Waals surface area contributed by atoms with Crippen LogP contribution in [0.4, 0.5) is 11.6 Å². The molecule has 1 rings (SSSR count). The Morgan fingerprint density at radius 2 is 2.00 bits per heavy atom. The number of likely N-dealkylation sites (N-methyl/N-ethyl adjacent to an activating group) is 1. The summed E-state index contributed by atoms with van der Waals surface area (Å²) in [6, 6.07) is 1.76. The van der Waals surface area contributed by atoms with Gasteiger partial charge in [-0.25, -0.2) is 9.97 Å². The van der Waals surface area contributed by atoms with E-state index in [9.17, 15) is 0 Å². The molecule has 0 aliphatic carbocycles. The van der Waals surface area contributed by atoms with Gasteiger partial charge in [0.1, 0.15) is 17.5 Å². The topological polar surface area (TPSA) is 67.1 Å². The summed E-state index contributed by atoms with van der Waals surface area (Å²) in [4.78, 5) is 10.6. The molecule has 0 aliphatic heterocycles. The zero-order chi connectivity index (χ0) is 12.0. The largest absolute Gasteiger partial charge is 0.384 e. The summed E-state index contributed by atoms with van der Waals surface area (Å²) in [5.41, 5.74) is 5.64. The fraction of sp³-hybridized carbons (Fsp3) is 0.636. The van der Waals surface area contributed by atoms with Gasteiger partial charge >= 0.3 is 0 Å². The summed E-state index contributed by atoms with van der Waals surface area (Å²) in [7, 11) is 0. The van der Waals surface area contributed by atoms with Crippen molar-refractivity contribution in [3.8, 4) is 0 Å². The summed E-state index contributed by atoms with van der Waals surface area (Å²) >= 11 is 0. The maximum Gasteiger partial charge on any atom is 0.131 e. The van der Waals surface area contributed by atoms with E-state index >= 15 is 0 Å². The van der Waals surface area contributed by atoms with Crippen LogP contribution in [0.5, 0.6) is 0 Å². The van der Waals surface area contributed by atoms with Gasteiger partial charge in [-0.15, -0.1) is 0 Å². The van der Waals surface area contributed by atoms with Crippen molar-refractivity contribution in [1.29, 1.82) is 0 Å². The number of aromatic nitrogens is 2. The Labute approximate surface area is 97.1 Å². The van der Waals surface area contributed by atoms with Gasteiger partial charge in [-0.05, 0) is 20.0 Å². The second-order valence-electron chi connectivity index (χ2n) is 3.68. The number of nitrogen functional groups attached to an aromatic ring is 1. The van der Waals surface area contributed by atoms with Gasteiger partial charge in [0, 0.05) is 19.2 Å². The van der Waals surface area contributed by atoms with Gasteiger partial charge in [0.15, 0.2) is 0 Å². The first-order valence-corrected chi connectivity index (χ1v) is 5.73. The van der Waals surface area contributed by atoms with Crippen LogP contribution in [0.1, 0.15) is 19.7 Å². The molecule has 0 amide bonds. The van der Waals surface area contributed by atoms with Crippen LogP contribution in [0.2, 0.25) is 0 Å². The lowest BCUT2D eigenvalue weighted by molar-refractivity contribution is 0.316. The molecule has 0 radical (unpaired) electrons. The van der Waals surface area contributed by atoms with Crippen LogP contribution in [-0.4, -0.2) is 41.0 Å². The number of nitrogens with two attached hydrogens (primary N) is 1. The summed E-state index contributed by atoms with van der Waals surface area (Å²) in [5, 5.41) is 3.25. The van der Waals surface area contributed by atoms with E-state index in [0.29, 0.717) is 11.6 Å². The zero-order valence-electron chi connectivity index (χ0n) is 10.3. The van der Waals surface area contributed by atoms with Crippen LogP contribution in [0, 0.1) is 6.92 Å². The highest BCUT2D eigenvalue weighted by atomic mass is 15.1. The first-order valence-electron chi connectivity index (χ1n) is 5.73. The Morgan fingerprint density at radius 3 is 2.56 bits per heavy atom. The summed E-state index contributed by atoms with van der Waals surface area (Å²) in [6.07, 6.45) is 0. The Balaban J connectivity index is 2.42. The Bertz CT molecular complexity index is 302. The molecule has 1 aromatic rings. The molecular weight excluding hydrogens is 202 g/mol. The fourth-order valence-electron chi connectivity index (χ4n) is 1.56. The number of nitrogens with zero attached hydrogens (tertiary/aromatic N) is 3. The molecule has 1 heterocycles. The Morgan fingerprint density at radius 1 is 1.31 bits per heavy atom. The van der Waals surface area contributed by atoms with E-state index in [1.54, 1.807) is 6.07 Å². The Hall–Kier alpha value is -1.36. The van der Waals surface area contributed by atoms with Crippen molar-refractivity contribution in [2.75, 3.05) is 37.2 Å². The molecule has 0 aromatic carbocycles. The normalized spacial score (nSPS) is 10.8. The predicted molar refractivity (Wildman–Crippen MR) is 67.5 cm³/mol. The molecule has 1 aromatic heterocycles. The zero-order valence-corrected chi connectivity index (χ0v) is 10.3. The van der Waals surface area contributed by atoms with Gasteiger partial charge in [-0.1, -0.05) is 13.8 Å². The number of anilines is 2. The maximum absolute atomic E-state index is 5.64. The van der Waals surface area contributed by atoms with Crippen molar-refractivity contribution < 1.29 is 0 Å². The minimum Gasteiger partial charge on any atom is -0.384 e. The first kappa shape index (κ1) is 12.7. The van der Waals surface area contributed by atoms with Crippen LogP contribution < -0.4 is 11.1 Å². The number of hydrogen-bond donors (Lipinski definition) is 2. The fourth-order valence-corrected chi connectivity index (χ4v) is 1.56. The summed E-state index contributed by atoms with van der Waals surface area (Å²) < 4.78 is 0. The van der Waals surface area contributed by atoms with Gasteiger partial charge < -0.3 is 16.0 Å². The average Bonchev–Trinajstić information content (AvgIpc) is 2.23. The van der Waals surface area contributed by atoms with Crippen LogP contribution >= 0.6 is 0 Å². The van der Waals surface area contributed by atoms with Crippen molar-refractivity contribution in [1.82, 2.24) is 14.9 Å². The van der Waals surface area contributed by atoms with E-state index in [-0.39, 0.29) is 0 Å². The monoisotopic (exact) mass is 223 g/mol. The lowest BCUT2D eigenvalue weighted by Gasteiger charge is -2.18. The quantitative estimate of drug-likeness (QED) is 0.756. The molecule has 0 saturated carbocycles. The molecule has 16 heavy (non-hydrogen) atoms. The molecule has 0 spiro atoms. The minimum atomic E-state index is 0.512. The second kappa shape index (κ2) is 6.27. The smallest absolute Gasteiger partial charge is 0.131 e. The van der Waals surface area contributed by atoms with Crippen LogP contribution in [-0.2, 0) is 0 Å². The average molecular weight is 223 g/mol. The maximum atomic E-state index is 5.64. The predicted octanol–water partition coefficient (Wildman–Crippen LogP) is 1.12. The molecule has 3 N–H and O–H groups in total. The van der Waals surface area contributed by atoms with E-state index in [1.807, 2.05) is 6.92 Å². The molecule has 0 bridgehead atoms. The highest BCUT2D eigenvalue weighted by molar-refractivity contribution is 5.44. The van der Waals surface area contributed by atoms with Crippen molar-refractivity contribution in [3.05, 3.63) is 11.9 Å². The van der Waals surface area contributed by atoms with E-state index < -0.39 is 0 Å². The highest BCUT2D eigenvalue weighted by Crippen LogP contribution is 2.07. The molecule has 0 saturated heterocycles. The van der Waals surface area contributed by atoms with Gasteiger partial charge in [0.05, 0.1) is 0 Å².